The lowest BCUT2D eigenvalue weighted by Crippen LogP contribution is -2.47. The molecule has 3 rings (SSSR count). The molecule has 0 bridgehead atoms. The molecule has 0 aromatic heterocycles. The highest BCUT2D eigenvalue weighted by molar-refractivity contribution is 5.83. The molecule has 2 saturated heterocycles. The number of carbonyl (C=O) groups excluding carboxylic acids is 1. The second kappa shape index (κ2) is 4.89. The van der Waals surface area contributed by atoms with E-state index in [2.05, 4.69) is 11.4 Å². The number of likely N-dealkylation sites (tertiary alicyclic amines) is 1. The van der Waals surface area contributed by atoms with Crippen molar-refractivity contribution in [3.63, 3.8) is 0 Å². The van der Waals surface area contributed by atoms with Crippen molar-refractivity contribution in [1.29, 1.82) is 5.26 Å². The maximum Gasteiger partial charge on any atom is 0.240 e. The Morgan fingerprint density at radius 3 is 2.83 bits per heavy atom. The molecule has 1 saturated carbocycles. The van der Waals surface area contributed by atoms with Crippen LogP contribution in [0.2, 0.25) is 0 Å². The van der Waals surface area contributed by atoms with Crippen molar-refractivity contribution in [2.75, 3.05) is 6.54 Å². The Labute approximate surface area is 108 Å². The minimum Gasteiger partial charge on any atom is -0.325 e. The third-order valence-electron chi connectivity index (χ3n) is 4.85. The smallest absolute Gasteiger partial charge is 0.240 e. The molecule has 2 heterocycles. The van der Waals surface area contributed by atoms with E-state index in [0.717, 1.165) is 25.8 Å². The van der Waals surface area contributed by atoms with Gasteiger partial charge in [-0.2, -0.15) is 5.26 Å². The molecule has 4 nitrogen and oxygen atoms in total. The molecule has 4 heteroatoms. The summed E-state index contributed by atoms with van der Waals surface area (Å²) in [7, 11) is 0. The van der Waals surface area contributed by atoms with Crippen LogP contribution in [0, 0.1) is 17.2 Å². The third kappa shape index (κ3) is 2.01. The predicted molar refractivity (Wildman–Crippen MR) is 67.6 cm³/mol. The Balaban J connectivity index is 1.65. The summed E-state index contributed by atoms with van der Waals surface area (Å²) in [6, 6.07) is 2.61. The Hall–Kier alpha value is -1.08. The maximum atomic E-state index is 12.5. The summed E-state index contributed by atoms with van der Waals surface area (Å²) in [5.41, 5.74) is 0. The molecular formula is C14H21N3O. The molecule has 0 aromatic rings. The van der Waals surface area contributed by atoms with Gasteiger partial charge in [-0.3, -0.25) is 4.79 Å². The first-order valence-corrected chi connectivity index (χ1v) is 7.26. The summed E-state index contributed by atoms with van der Waals surface area (Å²) in [5, 5.41) is 12.6. The fourth-order valence-corrected chi connectivity index (χ4v) is 3.88. The molecule has 98 valence electrons. The van der Waals surface area contributed by atoms with Crippen LogP contribution in [0.5, 0.6) is 0 Å². The van der Waals surface area contributed by atoms with Crippen LogP contribution >= 0.6 is 0 Å². The summed E-state index contributed by atoms with van der Waals surface area (Å²) < 4.78 is 0. The van der Waals surface area contributed by atoms with Crippen LogP contribution in [-0.4, -0.2) is 35.5 Å². The number of fused-ring (bicyclic) bond motifs is 1. The van der Waals surface area contributed by atoms with Crippen LogP contribution < -0.4 is 5.32 Å². The van der Waals surface area contributed by atoms with Crippen molar-refractivity contribution in [3.05, 3.63) is 0 Å². The van der Waals surface area contributed by atoms with Crippen molar-refractivity contribution in [1.82, 2.24) is 10.2 Å². The van der Waals surface area contributed by atoms with Crippen molar-refractivity contribution >= 4 is 5.91 Å². The summed E-state index contributed by atoms with van der Waals surface area (Å²) in [6.07, 6.45) is 7.90. The molecule has 1 amide bonds. The second-order valence-corrected chi connectivity index (χ2v) is 5.92. The minimum atomic E-state index is -0.179. The van der Waals surface area contributed by atoms with Gasteiger partial charge in [-0.25, -0.2) is 0 Å². The highest BCUT2D eigenvalue weighted by atomic mass is 16.2. The molecule has 0 aromatic carbocycles. The molecule has 0 spiro atoms. The van der Waals surface area contributed by atoms with E-state index in [0.29, 0.717) is 12.0 Å². The Morgan fingerprint density at radius 2 is 2.06 bits per heavy atom. The number of amides is 1. The first-order valence-electron chi connectivity index (χ1n) is 7.26. The second-order valence-electron chi connectivity index (χ2n) is 5.92. The SMILES string of the molecule is N#C[C@@H]1CCCN1C(=O)[C@@H]1C[C@@H]2CCCC[C@H]2N1. The standard InChI is InChI=1S/C14H21N3O/c15-9-11-5-3-7-17(11)14(18)13-8-10-4-1-2-6-12(10)16-13/h10-13,16H,1-8H2/t10-,11-,12+,13-/m0/s1. The maximum absolute atomic E-state index is 12.5. The zero-order chi connectivity index (χ0) is 12.5. The van der Waals surface area contributed by atoms with E-state index < -0.39 is 0 Å². The molecule has 3 fully saturated rings. The van der Waals surface area contributed by atoms with E-state index in [4.69, 9.17) is 5.26 Å². The number of nitrogens with zero attached hydrogens (tertiary/aromatic N) is 2. The molecule has 4 atom stereocenters. The van der Waals surface area contributed by atoms with Crippen molar-refractivity contribution in [2.24, 2.45) is 5.92 Å². The zero-order valence-electron chi connectivity index (χ0n) is 10.8. The van der Waals surface area contributed by atoms with Crippen LogP contribution in [0.15, 0.2) is 0 Å². The van der Waals surface area contributed by atoms with E-state index >= 15 is 0 Å². The molecule has 1 aliphatic carbocycles. The molecule has 1 N–H and O–H groups in total. The van der Waals surface area contributed by atoms with E-state index in [-0.39, 0.29) is 18.0 Å². The number of nitrogens with one attached hydrogen (secondary N) is 1. The topological polar surface area (TPSA) is 56.1 Å². The minimum absolute atomic E-state index is 0.0213. The summed E-state index contributed by atoms with van der Waals surface area (Å²) in [5.74, 6) is 0.865. The van der Waals surface area contributed by atoms with Gasteiger partial charge in [-0.15, -0.1) is 0 Å². The average molecular weight is 247 g/mol. The van der Waals surface area contributed by atoms with Gasteiger partial charge in [0.1, 0.15) is 6.04 Å². The van der Waals surface area contributed by atoms with Crippen molar-refractivity contribution < 1.29 is 4.79 Å². The van der Waals surface area contributed by atoms with Crippen LogP contribution in [-0.2, 0) is 4.79 Å². The first kappa shape index (κ1) is 12.0. The molecule has 2 aliphatic heterocycles. The third-order valence-corrected chi connectivity index (χ3v) is 4.85. The lowest BCUT2D eigenvalue weighted by Gasteiger charge is -2.24. The van der Waals surface area contributed by atoms with Crippen molar-refractivity contribution in [2.45, 2.75) is 63.1 Å². The summed E-state index contributed by atoms with van der Waals surface area (Å²) in [6.45, 7) is 0.768. The Bertz CT molecular complexity index is 362. The van der Waals surface area contributed by atoms with Gasteiger partial charge in [-0.05, 0) is 38.0 Å². The van der Waals surface area contributed by atoms with Crippen LogP contribution in [0.4, 0.5) is 0 Å². The van der Waals surface area contributed by atoms with Gasteiger partial charge in [0.15, 0.2) is 0 Å². The summed E-state index contributed by atoms with van der Waals surface area (Å²) in [4.78, 5) is 14.3. The monoisotopic (exact) mass is 247 g/mol. The van der Waals surface area contributed by atoms with Gasteiger partial charge in [-0.1, -0.05) is 12.8 Å². The predicted octanol–water partition coefficient (Wildman–Crippen LogP) is 1.42. The number of carbonyl (C=O) groups is 1. The largest absolute Gasteiger partial charge is 0.325 e. The lowest BCUT2D eigenvalue weighted by molar-refractivity contribution is -0.133. The van der Waals surface area contributed by atoms with Gasteiger partial charge in [0.05, 0.1) is 12.1 Å². The zero-order valence-corrected chi connectivity index (χ0v) is 10.8. The van der Waals surface area contributed by atoms with Crippen LogP contribution in [0.25, 0.3) is 0 Å². The lowest BCUT2D eigenvalue weighted by atomic mass is 9.85. The van der Waals surface area contributed by atoms with E-state index in [1.807, 2.05) is 0 Å². The van der Waals surface area contributed by atoms with Gasteiger partial charge in [0.2, 0.25) is 5.91 Å². The van der Waals surface area contributed by atoms with Crippen LogP contribution in [0.3, 0.4) is 0 Å². The normalized spacial score (nSPS) is 39.4. The molecule has 0 radical (unpaired) electrons. The fourth-order valence-electron chi connectivity index (χ4n) is 3.88. The van der Waals surface area contributed by atoms with E-state index in [1.165, 1.54) is 25.7 Å². The highest BCUT2D eigenvalue weighted by Crippen LogP contribution is 2.34. The highest BCUT2D eigenvalue weighted by Gasteiger charge is 2.41. The molecule has 0 unspecified atom stereocenters. The van der Waals surface area contributed by atoms with Gasteiger partial charge >= 0.3 is 0 Å². The van der Waals surface area contributed by atoms with Crippen molar-refractivity contribution in [3.8, 4) is 6.07 Å². The number of nitriles is 1. The number of rotatable bonds is 1. The summed E-state index contributed by atoms with van der Waals surface area (Å²) >= 11 is 0. The van der Waals surface area contributed by atoms with E-state index in [9.17, 15) is 4.79 Å². The molecular weight excluding hydrogens is 226 g/mol. The van der Waals surface area contributed by atoms with Gasteiger partial charge in [0.25, 0.3) is 0 Å². The quantitative estimate of drug-likeness (QED) is 0.762. The van der Waals surface area contributed by atoms with E-state index in [1.54, 1.807) is 4.90 Å². The average Bonchev–Trinajstić information content (AvgIpc) is 3.03. The Morgan fingerprint density at radius 1 is 1.22 bits per heavy atom. The fraction of sp³-hybridized carbons (Fsp3) is 0.857. The van der Waals surface area contributed by atoms with Crippen LogP contribution in [0.1, 0.15) is 44.9 Å². The van der Waals surface area contributed by atoms with Gasteiger partial charge < -0.3 is 10.2 Å². The molecule has 3 aliphatic rings. The first-order chi connectivity index (χ1) is 8.79. The Kier molecular flexibility index (Phi) is 3.25. The number of hydrogen-bond acceptors (Lipinski definition) is 3. The molecule has 18 heavy (non-hydrogen) atoms. The number of hydrogen-bond donors (Lipinski definition) is 1. The van der Waals surface area contributed by atoms with Gasteiger partial charge in [0, 0.05) is 12.6 Å².